The van der Waals surface area contributed by atoms with Crippen LogP contribution in [0.5, 0.6) is 5.75 Å². The number of carbonyl (C=O) groups is 1. The number of carboxylic acid groups (broad SMARTS) is 1. The second kappa shape index (κ2) is 5.96. The van der Waals surface area contributed by atoms with Gasteiger partial charge in [0, 0.05) is 19.1 Å². The van der Waals surface area contributed by atoms with Crippen LogP contribution in [0.15, 0.2) is 28.8 Å². The number of ether oxygens (including phenoxy) is 1. The summed E-state index contributed by atoms with van der Waals surface area (Å²) in [6.07, 6.45) is 2.19. The zero-order chi connectivity index (χ0) is 14.5. The third kappa shape index (κ3) is 3.91. The molecule has 0 fully saturated rings. The van der Waals surface area contributed by atoms with Gasteiger partial charge in [0.2, 0.25) is 11.7 Å². The molecule has 1 aromatic heterocycles. The molecule has 0 aliphatic heterocycles. The molecule has 0 saturated carbocycles. The Morgan fingerprint density at radius 1 is 1.50 bits per heavy atom. The molecule has 0 unspecified atom stereocenters. The van der Waals surface area contributed by atoms with E-state index >= 15 is 0 Å². The summed E-state index contributed by atoms with van der Waals surface area (Å²) in [5.74, 6) is -0.643. The fourth-order valence-corrected chi connectivity index (χ4v) is 1.48. The Morgan fingerprint density at radius 2 is 2.30 bits per heavy atom. The normalized spacial score (nSPS) is 10.9. The summed E-state index contributed by atoms with van der Waals surface area (Å²) in [4.78, 5) is 14.4. The van der Waals surface area contributed by atoms with Crippen LogP contribution in [0.1, 0.15) is 17.3 Å². The summed E-state index contributed by atoms with van der Waals surface area (Å²) in [5.41, 5.74) is 0.381. The number of aromatic nitrogens is 2. The van der Waals surface area contributed by atoms with Crippen LogP contribution in [0.4, 0.5) is 4.39 Å². The topological polar surface area (TPSA) is 85.5 Å². The first-order valence-electron chi connectivity index (χ1n) is 5.66. The van der Waals surface area contributed by atoms with Gasteiger partial charge in [-0.25, -0.2) is 9.18 Å². The number of benzene rings is 1. The van der Waals surface area contributed by atoms with Crippen LogP contribution < -0.4 is 4.74 Å². The highest BCUT2D eigenvalue weighted by Gasteiger charge is 2.05. The minimum atomic E-state index is -1.11. The molecule has 2 rings (SSSR count). The molecule has 0 aliphatic carbocycles. The molecule has 0 saturated heterocycles. The van der Waals surface area contributed by atoms with E-state index in [4.69, 9.17) is 14.4 Å². The van der Waals surface area contributed by atoms with Crippen molar-refractivity contribution in [1.29, 1.82) is 0 Å². The van der Waals surface area contributed by atoms with Gasteiger partial charge in [0.15, 0.2) is 6.61 Å². The molecule has 104 valence electrons. The summed E-state index contributed by atoms with van der Waals surface area (Å²) in [7, 11) is 0. The van der Waals surface area contributed by atoms with E-state index in [9.17, 15) is 9.18 Å². The molecule has 1 heterocycles. The molecule has 0 bridgehead atoms. The number of carboxylic acids is 1. The number of aliphatic carboxylic acids is 1. The first-order valence-corrected chi connectivity index (χ1v) is 5.66. The molecule has 2 aromatic rings. The van der Waals surface area contributed by atoms with Gasteiger partial charge in [0.05, 0.1) is 0 Å². The average Bonchev–Trinajstić information content (AvgIpc) is 2.79. The number of halogens is 1. The molecule has 7 heteroatoms. The van der Waals surface area contributed by atoms with Crippen LogP contribution >= 0.6 is 0 Å². The predicted molar refractivity (Wildman–Crippen MR) is 66.4 cm³/mol. The Balaban J connectivity index is 2.09. The second-order valence-electron chi connectivity index (χ2n) is 3.91. The maximum atomic E-state index is 13.4. The molecule has 6 nitrogen and oxygen atoms in total. The quantitative estimate of drug-likeness (QED) is 0.844. The predicted octanol–water partition coefficient (Wildman–Crippen LogP) is 2.19. The number of nitrogens with zero attached hydrogens (tertiary/aromatic N) is 2. The Labute approximate surface area is 113 Å². The first-order chi connectivity index (χ1) is 9.52. The lowest BCUT2D eigenvalue weighted by Crippen LogP contribution is -1.98. The maximum Gasteiger partial charge on any atom is 0.328 e. The van der Waals surface area contributed by atoms with Crippen LogP contribution in [-0.4, -0.2) is 21.2 Å². The third-order valence-corrected chi connectivity index (χ3v) is 2.25. The molecule has 1 N–H and O–H groups in total. The standard InChI is InChI=1S/C13H11FN2O4/c1-8-15-12(16-20-8)7-19-11-5-9(2-3-13(17)18)4-10(14)6-11/h2-6H,7H2,1H3,(H,17,18)/b3-2+. The van der Waals surface area contributed by atoms with Gasteiger partial charge < -0.3 is 14.4 Å². The minimum absolute atomic E-state index is 0.0306. The monoisotopic (exact) mass is 278 g/mol. The SMILES string of the molecule is Cc1nc(COc2cc(F)cc(/C=C/C(=O)O)c2)no1. The second-order valence-corrected chi connectivity index (χ2v) is 3.91. The molecule has 0 atom stereocenters. The van der Waals surface area contributed by atoms with E-state index in [0.29, 0.717) is 17.3 Å². The van der Waals surface area contributed by atoms with Gasteiger partial charge in [-0.3, -0.25) is 0 Å². The van der Waals surface area contributed by atoms with Crippen molar-refractivity contribution in [3.8, 4) is 5.75 Å². The Hall–Kier alpha value is -2.70. The molecular formula is C13H11FN2O4. The van der Waals surface area contributed by atoms with E-state index in [1.165, 1.54) is 24.3 Å². The maximum absolute atomic E-state index is 13.4. The zero-order valence-electron chi connectivity index (χ0n) is 10.5. The van der Waals surface area contributed by atoms with Gasteiger partial charge in [0.25, 0.3) is 0 Å². The number of hydrogen-bond acceptors (Lipinski definition) is 5. The van der Waals surface area contributed by atoms with E-state index in [0.717, 1.165) is 6.08 Å². The van der Waals surface area contributed by atoms with Crippen molar-refractivity contribution in [2.75, 3.05) is 0 Å². The van der Waals surface area contributed by atoms with Crippen molar-refractivity contribution >= 4 is 12.0 Å². The average molecular weight is 278 g/mol. The minimum Gasteiger partial charge on any atom is -0.485 e. The van der Waals surface area contributed by atoms with Gasteiger partial charge in [-0.2, -0.15) is 4.98 Å². The van der Waals surface area contributed by atoms with Crippen molar-refractivity contribution in [3.63, 3.8) is 0 Å². The molecule has 1 aromatic carbocycles. The van der Waals surface area contributed by atoms with E-state index < -0.39 is 11.8 Å². The van der Waals surface area contributed by atoms with Crippen LogP contribution in [-0.2, 0) is 11.4 Å². The van der Waals surface area contributed by atoms with Crippen molar-refractivity contribution < 1.29 is 23.6 Å². The zero-order valence-corrected chi connectivity index (χ0v) is 10.5. The largest absolute Gasteiger partial charge is 0.485 e. The lowest BCUT2D eigenvalue weighted by molar-refractivity contribution is -0.131. The fourth-order valence-electron chi connectivity index (χ4n) is 1.48. The molecular weight excluding hydrogens is 267 g/mol. The van der Waals surface area contributed by atoms with Crippen LogP contribution in [0.25, 0.3) is 6.08 Å². The first kappa shape index (κ1) is 13.7. The van der Waals surface area contributed by atoms with E-state index in [1.54, 1.807) is 6.92 Å². The van der Waals surface area contributed by atoms with E-state index in [-0.39, 0.29) is 12.4 Å². The van der Waals surface area contributed by atoms with Crippen molar-refractivity contribution in [2.45, 2.75) is 13.5 Å². The summed E-state index contributed by atoms with van der Waals surface area (Å²) >= 11 is 0. The molecule has 0 aliphatic rings. The van der Waals surface area contributed by atoms with Gasteiger partial charge in [-0.15, -0.1) is 0 Å². The summed E-state index contributed by atoms with van der Waals surface area (Å²) in [6.45, 7) is 1.68. The molecule has 0 amide bonds. The van der Waals surface area contributed by atoms with Crippen molar-refractivity contribution in [3.05, 3.63) is 47.4 Å². The van der Waals surface area contributed by atoms with Gasteiger partial charge in [-0.1, -0.05) is 5.16 Å². The summed E-state index contributed by atoms with van der Waals surface area (Å²) in [6, 6.07) is 3.89. The molecule has 0 radical (unpaired) electrons. The van der Waals surface area contributed by atoms with Crippen LogP contribution in [0, 0.1) is 12.7 Å². The van der Waals surface area contributed by atoms with E-state index in [2.05, 4.69) is 10.1 Å². The Bertz CT molecular complexity index is 652. The fraction of sp³-hybridized carbons (Fsp3) is 0.154. The Morgan fingerprint density at radius 3 is 2.95 bits per heavy atom. The van der Waals surface area contributed by atoms with Crippen LogP contribution in [0.2, 0.25) is 0 Å². The van der Waals surface area contributed by atoms with Crippen LogP contribution in [0.3, 0.4) is 0 Å². The Kier molecular flexibility index (Phi) is 4.09. The number of hydrogen-bond donors (Lipinski definition) is 1. The highest BCUT2D eigenvalue weighted by molar-refractivity contribution is 5.85. The summed E-state index contributed by atoms with van der Waals surface area (Å²) < 4.78 is 23.5. The highest BCUT2D eigenvalue weighted by atomic mass is 19.1. The van der Waals surface area contributed by atoms with E-state index in [1.807, 2.05) is 0 Å². The van der Waals surface area contributed by atoms with Crippen molar-refractivity contribution in [1.82, 2.24) is 10.1 Å². The molecule has 0 spiro atoms. The molecule has 20 heavy (non-hydrogen) atoms. The highest BCUT2D eigenvalue weighted by Crippen LogP contribution is 2.18. The smallest absolute Gasteiger partial charge is 0.328 e. The number of rotatable bonds is 5. The summed E-state index contributed by atoms with van der Waals surface area (Å²) in [5, 5.41) is 12.2. The van der Waals surface area contributed by atoms with Gasteiger partial charge >= 0.3 is 5.97 Å². The number of aryl methyl sites for hydroxylation is 1. The van der Waals surface area contributed by atoms with Crippen molar-refractivity contribution in [2.24, 2.45) is 0 Å². The lowest BCUT2D eigenvalue weighted by Gasteiger charge is -2.04. The van der Waals surface area contributed by atoms with Gasteiger partial charge in [0.1, 0.15) is 11.6 Å². The third-order valence-electron chi connectivity index (χ3n) is 2.25. The van der Waals surface area contributed by atoms with Gasteiger partial charge in [-0.05, 0) is 23.8 Å². The lowest BCUT2D eigenvalue weighted by atomic mass is 10.2.